The molecule has 0 saturated heterocycles. The molecule has 2 aromatic rings. The van der Waals surface area contributed by atoms with Crippen molar-refractivity contribution in [3.05, 3.63) is 54.0 Å². The SMILES string of the molecule is CC(=O)Oc1ccccc1/C=C/c1ccoc1. The molecule has 1 heterocycles. The fraction of sp³-hybridized carbons (Fsp3) is 0.0714. The summed E-state index contributed by atoms with van der Waals surface area (Å²) in [7, 11) is 0. The summed E-state index contributed by atoms with van der Waals surface area (Å²) in [6.07, 6.45) is 7.03. The van der Waals surface area contributed by atoms with Gasteiger partial charge in [-0.2, -0.15) is 0 Å². The van der Waals surface area contributed by atoms with E-state index in [4.69, 9.17) is 9.15 Å². The number of rotatable bonds is 3. The zero-order chi connectivity index (χ0) is 12.1. The molecule has 0 aliphatic rings. The van der Waals surface area contributed by atoms with Gasteiger partial charge in [-0.05, 0) is 12.1 Å². The summed E-state index contributed by atoms with van der Waals surface area (Å²) >= 11 is 0. The minimum absolute atomic E-state index is 0.325. The summed E-state index contributed by atoms with van der Waals surface area (Å²) in [5, 5.41) is 0. The Hall–Kier alpha value is -2.29. The van der Waals surface area contributed by atoms with Gasteiger partial charge in [0.15, 0.2) is 0 Å². The molecule has 0 bridgehead atoms. The number of hydrogen-bond donors (Lipinski definition) is 0. The number of para-hydroxylation sites is 1. The van der Waals surface area contributed by atoms with Crippen LogP contribution in [0.15, 0.2) is 47.3 Å². The summed E-state index contributed by atoms with van der Waals surface area (Å²) in [6.45, 7) is 1.39. The van der Waals surface area contributed by atoms with Gasteiger partial charge in [-0.3, -0.25) is 4.79 Å². The van der Waals surface area contributed by atoms with Crippen LogP contribution in [0, 0.1) is 0 Å². The molecular formula is C14H12O3. The van der Waals surface area contributed by atoms with Crippen LogP contribution in [0.1, 0.15) is 18.1 Å². The highest BCUT2D eigenvalue weighted by Gasteiger charge is 2.02. The van der Waals surface area contributed by atoms with E-state index in [2.05, 4.69) is 0 Å². The number of ether oxygens (including phenoxy) is 1. The first-order valence-corrected chi connectivity index (χ1v) is 5.23. The first-order chi connectivity index (χ1) is 8.25. The molecule has 0 amide bonds. The standard InChI is InChI=1S/C14H12O3/c1-11(15)17-14-5-3-2-4-13(14)7-6-12-8-9-16-10-12/h2-10H,1H3/b7-6+. The van der Waals surface area contributed by atoms with E-state index in [9.17, 15) is 4.79 Å². The van der Waals surface area contributed by atoms with Crippen molar-refractivity contribution in [3.63, 3.8) is 0 Å². The minimum atomic E-state index is -0.325. The van der Waals surface area contributed by atoms with E-state index in [1.54, 1.807) is 18.6 Å². The third kappa shape index (κ3) is 3.08. The fourth-order valence-corrected chi connectivity index (χ4v) is 1.42. The molecule has 3 heteroatoms. The molecule has 1 aromatic heterocycles. The van der Waals surface area contributed by atoms with Gasteiger partial charge in [0.2, 0.25) is 0 Å². The molecule has 0 atom stereocenters. The molecule has 0 N–H and O–H groups in total. The van der Waals surface area contributed by atoms with Crippen LogP contribution in [0.25, 0.3) is 12.2 Å². The van der Waals surface area contributed by atoms with Crippen molar-refractivity contribution in [2.24, 2.45) is 0 Å². The van der Waals surface area contributed by atoms with E-state index >= 15 is 0 Å². The maximum absolute atomic E-state index is 10.9. The molecule has 0 saturated carbocycles. The van der Waals surface area contributed by atoms with Crippen molar-refractivity contribution in [3.8, 4) is 5.75 Å². The first-order valence-electron chi connectivity index (χ1n) is 5.23. The van der Waals surface area contributed by atoms with Gasteiger partial charge in [0.05, 0.1) is 12.5 Å². The molecule has 1 aromatic carbocycles. The zero-order valence-corrected chi connectivity index (χ0v) is 9.42. The average molecular weight is 228 g/mol. The van der Waals surface area contributed by atoms with Crippen molar-refractivity contribution >= 4 is 18.1 Å². The van der Waals surface area contributed by atoms with Crippen LogP contribution >= 0.6 is 0 Å². The van der Waals surface area contributed by atoms with E-state index in [1.165, 1.54) is 6.92 Å². The normalized spacial score (nSPS) is 10.6. The predicted molar refractivity (Wildman–Crippen MR) is 65.4 cm³/mol. The Bertz CT molecular complexity index is 524. The quantitative estimate of drug-likeness (QED) is 0.597. The Labute approximate surface area is 99.3 Å². The Morgan fingerprint density at radius 1 is 1.24 bits per heavy atom. The molecule has 86 valence electrons. The van der Waals surface area contributed by atoms with Crippen molar-refractivity contribution in [1.82, 2.24) is 0 Å². The van der Waals surface area contributed by atoms with Crippen molar-refractivity contribution in [2.45, 2.75) is 6.92 Å². The lowest BCUT2D eigenvalue weighted by molar-refractivity contribution is -0.131. The molecule has 17 heavy (non-hydrogen) atoms. The lowest BCUT2D eigenvalue weighted by atomic mass is 10.1. The third-order valence-electron chi connectivity index (χ3n) is 2.17. The highest BCUT2D eigenvalue weighted by atomic mass is 16.5. The largest absolute Gasteiger partial charge is 0.472 e. The number of carbonyl (C=O) groups is 1. The van der Waals surface area contributed by atoms with Crippen molar-refractivity contribution in [2.75, 3.05) is 0 Å². The molecule has 0 aliphatic heterocycles. The van der Waals surface area contributed by atoms with E-state index in [-0.39, 0.29) is 5.97 Å². The molecule has 0 unspecified atom stereocenters. The van der Waals surface area contributed by atoms with E-state index in [0.717, 1.165) is 11.1 Å². The summed E-state index contributed by atoms with van der Waals surface area (Å²) in [4.78, 5) is 10.9. The van der Waals surface area contributed by atoms with E-state index in [0.29, 0.717) is 5.75 Å². The Balaban J connectivity index is 2.23. The van der Waals surface area contributed by atoms with E-state index in [1.807, 2.05) is 36.4 Å². The third-order valence-corrected chi connectivity index (χ3v) is 2.17. The summed E-state index contributed by atoms with van der Waals surface area (Å²) in [6, 6.07) is 9.21. The summed E-state index contributed by atoms with van der Waals surface area (Å²) in [5.74, 6) is 0.230. The number of hydrogen-bond acceptors (Lipinski definition) is 3. The van der Waals surface area contributed by atoms with Gasteiger partial charge in [0, 0.05) is 18.1 Å². The van der Waals surface area contributed by atoms with Crippen LogP contribution in [0.5, 0.6) is 5.75 Å². The van der Waals surface area contributed by atoms with Crippen molar-refractivity contribution < 1.29 is 13.9 Å². The fourth-order valence-electron chi connectivity index (χ4n) is 1.42. The lowest BCUT2D eigenvalue weighted by Crippen LogP contribution is -2.02. The van der Waals surface area contributed by atoms with Gasteiger partial charge in [-0.15, -0.1) is 0 Å². The molecule has 0 spiro atoms. The molecule has 2 rings (SSSR count). The van der Waals surface area contributed by atoms with Crippen LogP contribution < -0.4 is 4.74 Å². The molecule has 0 aliphatic carbocycles. The van der Waals surface area contributed by atoms with Crippen molar-refractivity contribution in [1.29, 1.82) is 0 Å². The summed E-state index contributed by atoms with van der Waals surface area (Å²) < 4.78 is 10.1. The van der Waals surface area contributed by atoms with Gasteiger partial charge in [0.25, 0.3) is 0 Å². The number of furan rings is 1. The molecule has 0 fully saturated rings. The number of carbonyl (C=O) groups excluding carboxylic acids is 1. The predicted octanol–water partition coefficient (Wildman–Crippen LogP) is 3.38. The monoisotopic (exact) mass is 228 g/mol. The Morgan fingerprint density at radius 3 is 2.76 bits per heavy atom. The van der Waals surface area contributed by atoms with Crippen LogP contribution in [-0.4, -0.2) is 5.97 Å². The first kappa shape index (κ1) is 11.2. The van der Waals surface area contributed by atoms with Crippen LogP contribution in [0.2, 0.25) is 0 Å². The number of esters is 1. The highest BCUT2D eigenvalue weighted by Crippen LogP contribution is 2.20. The van der Waals surface area contributed by atoms with Crippen LogP contribution in [0.3, 0.4) is 0 Å². The topological polar surface area (TPSA) is 39.4 Å². The Kier molecular flexibility index (Phi) is 3.40. The van der Waals surface area contributed by atoms with Gasteiger partial charge in [-0.25, -0.2) is 0 Å². The van der Waals surface area contributed by atoms with Crippen LogP contribution in [0.4, 0.5) is 0 Å². The van der Waals surface area contributed by atoms with E-state index < -0.39 is 0 Å². The number of benzene rings is 1. The molecule has 3 nitrogen and oxygen atoms in total. The molecule has 0 radical (unpaired) electrons. The Morgan fingerprint density at radius 2 is 2.06 bits per heavy atom. The minimum Gasteiger partial charge on any atom is -0.472 e. The molecular weight excluding hydrogens is 216 g/mol. The maximum Gasteiger partial charge on any atom is 0.308 e. The second-order valence-electron chi connectivity index (χ2n) is 3.52. The smallest absolute Gasteiger partial charge is 0.308 e. The maximum atomic E-state index is 10.9. The highest BCUT2D eigenvalue weighted by molar-refractivity contribution is 5.75. The summed E-state index contributed by atoms with van der Waals surface area (Å²) in [5.41, 5.74) is 1.81. The average Bonchev–Trinajstić information content (AvgIpc) is 2.80. The second-order valence-corrected chi connectivity index (χ2v) is 3.52. The van der Waals surface area contributed by atoms with Gasteiger partial charge in [-0.1, -0.05) is 30.4 Å². The van der Waals surface area contributed by atoms with Crippen LogP contribution in [-0.2, 0) is 4.79 Å². The van der Waals surface area contributed by atoms with Gasteiger partial charge in [0.1, 0.15) is 5.75 Å². The van der Waals surface area contributed by atoms with Gasteiger partial charge < -0.3 is 9.15 Å². The second kappa shape index (κ2) is 5.16. The lowest BCUT2D eigenvalue weighted by Gasteiger charge is -2.04. The van der Waals surface area contributed by atoms with Gasteiger partial charge >= 0.3 is 5.97 Å². The zero-order valence-electron chi connectivity index (χ0n) is 9.42.